The molecule has 10 heteroatoms. The van der Waals surface area contributed by atoms with Gasteiger partial charge in [0.25, 0.3) is 5.69 Å². The van der Waals surface area contributed by atoms with Crippen LogP contribution >= 0.6 is 0 Å². The summed E-state index contributed by atoms with van der Waals surface area (Å²) in [7, 11) is 1.23. The number of nitrogens with one attached hydrogen (secondary N) is 1. The van der Waals surface area contributed by atoms with Gasteiger partial charge in [-0.15, -0.1) is 0 Å². The summed E-state index contributed by atoms with van der Waals surface area (Å²) in [6.45, 7) is 6.11. The highest BCUT2D eigenvalue weighted by molar-refractivity contribution is 5.99. The summed E-state index contributed by atoms with van der Waals surface area (Å²) in [5, 5.41) is 14.3. The third kappa shape index (κ3) is 4.81. The summed E-state index contributed by atoms with van der Waals surface area (Å²) >= 11 is 0. The van der Waals surface area contributed by atoms with Crippen molar-refractivity contribution < 1.29 is 33.5 Å². The molecule has 0 aliphatic carbocycles. The van der Waals surface area contributed by atoms with E-state index in [1.54, 1.807) is 26.8 Å². The van der Waals surface area contributed by atoms with E-state index in [9.17, 15) is 19.7 Å². The SMILES string of the molecule is COC(=O)C1=C(C)NC(C)=C(C(=O)OCCC2(C)OCCO2)C1c1cccc([N+](=O)[O-])c1. The topological polar surface area (TPSA) is 126 Å². The second-order valence-electron chi connectivity index (χ2n) is 7.70. The minimum atomic E-state index is -0.898. The van der Waals surface area contributed by atoms with E-state index in [-0.39, 0.29) is 23.4 Å². The minimum Gasteiger partial charge on any atom is -0.466 e. The Morgan fingerprint density at radius 2 is 1.81 bits per heavy atom. The molecular weight excluding hydrogens is 420 g/mol. The van der Waals surface area contributed by atoms with Gasteiger partial charge in [-0.1, -0.05) is 12.1 Å². The Kier molecular flexibility index (Phi) is 6.95. The average molecular weight is 446 g/mol. The third-order valence-electron chi connectivity index (χ3n) is 5.49. The van der Waals surface area contributed by atoms with E-state index in [0.717, 1.165) is 0 Å². The van der Waals surface area contributed by atoms with Gasteiger partial charge >= 0.3 is 11.9 Å². The Hall–Kier alpha value is -3.24. The van der Waals surface area contributed by atoms with Crippen LogP contribution in [0.5, 0.6) is 0 Å². The smallest absolute Gasteiger partial charge is 0.336 e. The average Bonchev–Trinajstić information content (AvgIpc) is 3.19. The normalized spacial score (nSPS) is 20.1. The molecule has 0 bridgehead atoms. The Morgan fingerprint density at radius 3 is 2.41 bits per heavy atom. The Morgan fingerprint density at radius 1 is 1.19 bits per heavy atom. The van der Waals surface area contributed by atoms with E-state index < -0.39 is 28.6 Å². The zero-order valence-electron chi connectivity index (χ0n) is 18.4. The van der Waals surface area contributed by atoms with Crippen molar-refractivity contribution in [2.75, 3.05) is 26.9 Å². The van der Waals surface area contributed by atoms with E-state index in [0.29, 0.717) is 36.6 Å². The van der Waals surface area contributed by atoms with Crippen molar-refractivity contribution >= 4 is 17.6 Å². The molecule has 1 atom stereocenters. The van der Waals surface area contributed by atoms with Gasteiger partial charge in [-0.25, -0.2) is 9.59 Å². The highest BCUT2D eigenvalue weighted by Crippen LogP contribution is 2.40. The first-order chi connectivity index (χ1) is 15.2. The summed E-state index contributed by atoms with van der Waals surface area (Å²) in [5.41, 5.74) is 1.58. The number of carbonyl (C=O) groups excluding carboxylic acids is 2. The maximum Gasteiger partial charge on any atom is 0.336 e. The zero-order chi connectivity index (χ0) is 23.5. The summed E-state index contributed by atoms with van der Waals surface area (Å²) in [4.78, 5) is 36.5. The number of allylic oxidation sites excluding steroid dienone is 2. The number of nitro groups is 1. The van der Waals surface area contributed by atoms with Gasteiger partial charge in [-0.3, -0.25) is 10.1 Å². The van der Waals surface area contributed by atoms with E-state index in [4.69, 9.17) is 18.9 Å². The highest BCUT2D eigenvalue weighted by Gasteiger charge is 2.39. The van der Waals surface area contributed by atoms with Gasteiger partial charge in [0, 0.05) is 29.9 Å². The quantitative estimate of drug-likeness (QED) is 0.382. The van der Waals surface area contributed by atoms with Gasteiger partial charge in [0.05, 0.1) is 48.9 Å². The maximum atomic E-state index is 13.1. The van der Waals surface area contributed by atoms with Gasteiger partial charge < -0.3 is 24.3 Å². The Balaban J connectivity index is 1.95. The van der Waals surface area contributed by atoms with Crippen molar-refractivity contribution in [1.29, 1.82) is 0 Å². The number of hydrogen-bond donors (Lipinski definition) is 1. The number of benzene rings is 1. The number of carbonyl (C=O) groups is 2. The number of nitro benzene ring substituents is 1. The Labute approximate surface area is 185 Å². The molecule has 2 heterocycles. The molecule has 172 valence electrons. The Bertz CT molecular complexity index is 991. The third-order valence-corrected chi connectivity index (χ3v) is 5.49. The first-order valence-corrected chi connectivity index (χ1v) is 10.1. The molecular formula is C22H26N2O8. The lowest BCUT2D eigenvalue weighted by molar-refractivity contribution is -0.384. The molecule has 0 spiro atoms. The molecule has 0 radical (unpaired) electrons. The molecule has 1 N–H and O–H groups in total. The zero-order valence-corrected chi connectivity index (χ0v) is 18.4. The van der Waals surface area contributed by atoms with Crippen LogP contribution in [0, 0.1) is 10.1 Å². The monoisotopic (exact) mass is 446 g/mol. The van der Waals surface area contributed by atoms with Crippen LogP contribution in [0.2, 0.25) is 0 Å². The van der Waals surface area contributed by atoms with Crippen LogP contribution in [-0.4, -0.2) is 49.6 Å². The number of hydrogen-bond acceptors (Lipinski definition) is 9. The second kappa shape index (κ2) is 9.49. The van der Waals surface area contributed by atoms with Crippen molar-refractivity contribution in [3.8, 4) is 0 Å². The number of non-ortho nitro benzene ring substituents is 1. The van der Waals surface area contributed by atoms with Crippen molar-refractivity contribution in [1.82, 2.24) is 5.32 Å². The molecule has 1 aromatic carbocycles. The molecule has 1 fully saturated rings. The van der Waals surface area contributed by atoms with Crippen molar-refractivity contribution in [2.45, 2.75) is 38.9 Å². The lowest BCUT2D eigenvalue weighted by Gasteiger charge is -2.30. The van der Waals surface area contributed by atoms with Gasteiger partial charge in [-0.05, 0) is 26.3 Å². The molecule has 1 saturated heterocycles. The number of esters is 2. The minimum absolute atomic E-state index is 0.0318. The number of rotatable bonds is 7. The van der Waals surface area contributed by atoms with Gasteiger partial charge in [0.2, 0.25) is 0 Å². The number of nitrogens with zero attached hydrogens (tertiary/aromatic N) is 1. The van der Waals surface area contributed by atoms with E-state index in [1.165, 1.54) is 25.3 Å². The first-order valence-electron chi connectivity index (χ1n) is 10.1. The maximum absolute atomic E-state index is 13.1. The van der Waals surface area contributed by atoms with Crippen LogP contribution in [0.4, 0.5) is 5.69 Å². The summed E-state index contributed by atoms with van der Waals surface area (Å²) < 4.78 is 21.5. The fourth-order valence-electron chi connectivity index (χ4n) is 3.90. The van der Waals surface area contributed by atoms with Crippen LogP contribution < -0.4 is 5.32 Å². The largest absolute Gasteiger partial charge is 0.466 e. The van der Waals surface area contributed by atoms with Gasteiger partial charge in [-0.2, -0.15) is 0 Å². The molecule has 1 unspecified atom stereocenters. The predicted molar refractivity (Wildman–Crippen MR) is 112 cm³/mol. The standard InChI is InChI=1S/C22H26N2O8/c1-13-17(20(25)29-4)19(15-6-5-7-16(12-15)24(27)28)18(14(2)23-13)21(26)30-9-8-22(3)31-10-11-32-22/h5-7,12,19,23H,8-11H2,1-4H3. The fourth-order valence-corrected chi connectivity index (χ4v) is 3.90. The number of methoxy groups -OCH3 is 1. The molecule has 3 rings (SSSR count). The lowest BCUT2D eigenvalue weighted by atomic mass is 9.80. The van der Waals surface area contributed by atoms with E-state index in [1.807, 2.05) is 0 Å². The van der Waals surface area contributed by atoms with Crippen LogP contribution in [0.25, 0.3) is 0 Å². The highest BCUT2D eigenvalue weighted by atomic mass is 16.7. The van der Waals surface area contributed by atoms with Crippen molar-refractivity contribution in [2.24, 2.45) is 0 Å². The van der Waals surface area contributed by atoms with Gasteiger partial charge in [0.1, 0.15) is 0 Å². The summed E-state index contributed by atoms with van der Waals surface area (Å²) in [6.07, 6.45) is 0.332. The molecule has 2 aliphatic heterocycles. The van der Waals surface area contributed by atoms with Crippen LogP contribution in [-0.2, 0) is 28.5 Å². The van der Waals surface area contributed by atoms with E-state index in [2.05, 4.69) is 5.32 Å². The molecule has 10 nitrogen and oxygen atoms in total. The fraction of sp³-hybridized carbons (Fsp3) is 0.455. The van der Waals surface area contributed by atoms with Crippen LogP contribution in [0.15, 0.2) is 46.8 Å². The van der Waals surface area contributed by atoms with E-state index >= 15 is 0 Å². The summed E-state index contributed by atoms with van der Waals surface area (Å²) in [5.74, 6) is -3.01. The van der Waals surface area contributed by atoms with Crippen LogP contribution in [0.3, 0.4) is 0 Å². The molecule has 2 aliphatic rings. The molecule has 32 heavy (non-hydrogen) atoms. The number of ether oxygens (including phenoxy) is 4. The molecule has 0 aromatic heterocycles. The molecule has 0 saturated carbocycles. The first kappa shape index (κ1) is 23.4. The summed E-state index contributed by atoms with van der Waals surface area (Å²) in [6, 6.07) is 5.82. The second-order valence-corrected chi connectivity index (χ2v) is 7.70. The molecule has 0 amide bonds. The predicted octanol–water partition coefficient (Wildman–Crippen LogP) is 2.70. The number of dihydropyridines is 1. The van der Waals surface area contributed by atoms with Gasteiger partial charge in [0.15, 0.2) is 5.79 Å². The lowest BCUT2D eigenvalue weighted by Crippen LogP contribution is -2.33. The van der Waals surface area contributed by atoms with Crippen molar-refractivity contribution in [3.05, 3.63) is 62.5 Å². The molecule has 1 aromatic rings. The van der Waals surface area contributed by atoms with Crippen molar-refractivity contribution in [3.63, 3.8) is 0 Å². The van der Waals surface area contributed by atoms with Crippen LogP contribution in [0.1, 0.15) is 38.7 Å².